The molecule has 3 aromatic rings. The molecule has 29 heavy (non-hydrogen) atoms. The van der Waals surface area contributed by atoms with Crippen molar-refractivity contribution in [1.29, 1.82) is 0 Å². The number of pyridine rings is 1. The molecule has 0 aliphatic carbocycles. The first-order valence-corrected chi connectivity index (χ1v) is 10.1. The van der Waals surface area contributed by atoms with Crippen LogP contribution in [0.15, 0.2) is 54.6 Å². The third-order valence-electron chi connectivity index (χ3n) is 5.55. The van der Waals surface area contributed by atoms with Crippen molar-refractivity contribution in [3.05, 3.63) is 65.7 Å². The summed E-state index contributed by atoms with van der Waals surface area (Å²) in [5, 5.41) is 0.844. The molecule has 1 saturated heterocycles. The molecule has 1 aliphatic rings. The van der Waals surface area contributed by atoms with Crippen LogP contribution in [0.3, 0.4) is 0 Å². The van der Waals surface area contributed by atoms with E-state index >= 15 is 0 Å². The summed E-state index contributed by atoms with van der Waals surface area (Å²) < 4.78 is 0. The second-order valence-corrected chi connectivity index (χ2v) is 7.45. The van der Waals surface area contributed by atoms with Gasteiger partial charge in [0.05, 0.1) is 16.8 Å². The number of rotatable bonds is 3. The van der Waals surface area contributed by atoms with Crippen molar-refractivity contribution in [2.24, 2.45) is 0 Å². The Labute approximate surface area is 171 Å². The number of aromatic nitrogens is 1. The summed E-state index contributed by atoms with van der Waals surface area (Å²) in [6.07, 6.45) is 0.368. The van der Waals surface area contributed by atoms with Crippen molar-refractivity contribution in [2.75, 3.05) is 26.2 Å². The van der Waals surface area contributed by atoms with Gasteiger partial charge in [-0.2, -0.15) is 0 Å². The van der Waals surface area contributed by atoms with E-state index in [-0.39, 0.29) is 11.8 Å². The molecule has 5 nitrogen and oxygen atoms in total. The largest absolute Gasteiger partial charge is 0.341 e. The maximum atomic E-state index is 13.5. The van der Waals surface area contributed by atoms with E-state index < -0.39 is 0 Å². The normalized spacial score (nSPS) is 14.9. The minimum Gasteiger partial charge on any atom is -0.341 e. The van der Waals surface area contributed by atoms with E-state index in [2.05, 4.69) is 0 Å². The van der Waals surface area contributed by atoms with E-state index in [4.69, 9.17) is 4.98 Å². The first-order chi connectivity index (χ1) is 14.1. The van der Waals surface area contributed by atoms with Crippen molar-refractivity contribution < 1.29 is 9.59 Å². The quantitative estimate of drug-likeness (QED) is 0.685. The highest BCUT2D eigenvalue weighted by atomic mass is 16.2. The SMILES string of the molecule is CCN1CCN(C(=O)c2cc(-c3ccc(C)cc3)nc3ccccc23)CCC1=O. The summed E-state index contributed by atoms with van der Waals surface area (Å²) in [7, 11) is 0. The van der Waals surface area contributed by atoms with Gasteiger partial charge in [-0.15, -0.1) is 0 Å². The third-order valence-corrected chi connectivity index (χ3v) is 5.55. The van der Waals surface area contributed by atoms with Crippen LogP contribution in [0.25, 0.3) is 22.2 Å². The van der Waals surface area contributed by atoms with Gasteiger partial charge in [0.15, 0.2) is 0 Å². The van der Waals surface area contributed by atoms with Crippen LogP contribution in [-0.2, 0) is 4.79 Å². The number of aryl methyl sites for hydroxylation is 1. The molecule has 1 aliphatic heterocycles. The fraction of sp³-hybridized carbons (Fsp3) is 0.292. The van der Waals surface area contributed by atoms with Crippen LogP contribution in [-0.4, -0.2) is 52.8 Å². The van der Waals surface area contributed by atoms with Crippen LogP contribution in [0, 0.1) is 6.92 Å². The number of hydrogen-bond donors (Lipinski definition) is 0. The molecule has 0 bridgehead atoms. The van der Waals surface area contributed by atoms with Crippen LogP contribution in [0.1, 0.15) is 29.3 Å². The van der Waals surface area contributed by atoms with Crippen molar-refractivity contribution in [3.63, 3.8) is 0 Å². The number of hydrogen-bond acceptors (Lipinski definition) is 3. The van der Waals surface area contributed by atoms with Gasteiger partial charge in [0.1, 0.15) is 0 Å². The van der Waals surface area contributed by atoms with Gasteiger partial charge in [0.2, 0.25) is 5.91 Å². The maximum absolute atomic E-state index is 13.5. The van der Waals surface area contributed by atoms with Crippen LogP contribution < -0.4 is 0 Å². The predicted octanol–water partition coefficient (Wildman–Crippen LogP) is 3.90. The van der Waals surface area contributed by atoms with Gasteiger partial charge in [0, 0.05) is 43.5 Å². The van der Waals surface area contributed by atoms with E-state index in [1.54, 1.807) is 4.90 Å². The molecule has 0 atom stereocenters. The number of carbonyl (C=O) groups excluding carboxylic acids is 2. The molecule has 0 radical (unpaired) electrons. The van der Waals surface area contributed by atoms with E-state index in [0.717, 1.165) is 22.2 Å². The minimum absolute atomic E-state index is 0.0392. The lowest BCUT2D eigenvalue weighted by atomic mass is 10.0. The second-order valence-electron chi connectivity index (χ2n) is 7.45. The van der Waals surface area contributed by atoms with Crippen molar-refractivity contribution in [2.45, 2.75) is 20.3 Å². The highest BCUT2D eigenvalue weighted by Crippen LogP contribution is 2.26. The summed E-state index contributed by atoms with van der Waals surface area (Å²) in [6.45, 7) is 6.28. The van der Waals surface area contributed by atoms with Crippen LogP contribution >= 0.6 is 0 Å². The molecule has 5 heteroatoms. The Morgan fingerprint density at radius 3 is 2.55 bits per heavy atom. The molecule has 1 fully saturated rings. The smallest absolute Gasteiger partial charge is 0.254 e. The zero-order valence-electron chi connectivity index (χ0n) is 16.9. The van der Waals surface area contributed by atoms with Crippen LogP contribution in [0.4, 0.5) is 0 Å². The Morgan fingerprint density at radius 2 is 1.79 bits per heavy atom. The molecule has 0 saturated carbocycles. The molecule has 2 amide bonds. The fourth-order valence-electron chi connectivity index (χ4n) is 3.80. The predicted molar refractivity (Wildman–Crippen MR) is 115 cm³/mol. The number of fused-ring (bicyclic) bond motifs is 1. The number of nitrogens with zero attached hydrogens (tertiary/aromatic N) is 3. The van der Waals surface area contributed by atoms with E-state index in [1.807, 2.05) is 73.3 Å². The van der Waals surface area contributed by atoms with E-state index in [9.17, 15) is 9.59 Å². The zero-order valence-corrected chi connectivity index (χ0v) is 16.9. The Morgan fingerprint density at radius 1 is 1.03 bits per heavy atom. The van der Waals surface area contributed by atoms with Crippen molar-refractivity contribution in [1.82, 2.24) is 14.8 Å². The summed E-state index contributed by atoms with van der Waals surface area (Å²) in [4.78, 5) is 34.1. The average molecular weight is 387 g/mol. The topological polar surface area (TPSA) is 53.5 Å². The molecule has 148 valence electrons. The molecule has 0 unspecified atom stereocenters. The summed E-state index contributed by atoms with van der Waals surface area (Å²) in [5.41, 5.74) is 4.39. The molecular weight excluding hydrogens is 362 g/mol. The molecule has 2 aromatic carbocycles. The van der Waals surface area contributed by atoms with Crippen LogP contribution in [0.2, 0.25) is 0 Å². The number of benzene rings is 2. The van der Waals surface area contributed by atoms with Gasteiger partial charge < -0.3 is 9.80 Å². The molecule has 0 N–H and O–H groups in total. The zero-order chi connectivity index (χ0) is 20.4. The second kappa shape index (κ2) is 8.03. The Balaban J connectivity index is 1.75. The van der Waals surface area contributed by atoms with E-state index in [0.29, 0.717) is 38.2 Å². The monoisotopic (exact) mass is 387 g/mol. The van der Waals surface area contributed by atoms with Gasteiger partial charge in [0.25, 0.3) is 5.91 Å². The Bertz CT molecular complexity index is 1060. The molecular formula is C24H25N3O2. The van der Waals surface area contributed by atoms with Gasteiger partial charge in [-0.05, 0) is 26.0 Å². The third kappa shape index (κ3) is 3.86. The lowest BCUT2D eigenvalue weighted by molar-refractivity contribution is -0.130. The van der Waals surface area contributed by atoms with Crippen molar-refractivity contribution >= 4 is 22.7 Å². The van der Waals surface area contributed by atoms with E-state index in [1.165, 1.54) is 5.56 Å². The molecule has 4 rings (SSSR count). The number of carbonyl (C=O) groups is 2. The first kappa shape index (κ1) is 19.1. The summed E-state index contributed by atoms with van der Waals surface area (Å²) in [6, 6.07) is 17.8. The molecule has 1 aromatic heterocycles. The first-order valence-electron chi connectivity index (χ1n) is 10.1. The van der Waals surface area contributed by atoms with Gasteiger partial charge >= 0.3 is 0 Å². The highest BCUT2D eigenvalue weighted by Gasteiger charge is 2.25. The van der Waals surface area contributed by atoms with Crippen LogP contribution in [0.5, 0.6) is 0 Å². The van der Waals surface area contributed by atoms with Gasteiger partial charge in [-0.3, -0.25) is 9.59 Å². The number of amides is 2. The van der Waals surface area contributed by atoms with Crippen molar-refractivity contribution in [3.8, 4) is 11.3 Å². The van der Waals surface area contributed by atoms with Gasteiger partial charge in [-0.25, -0.2) is 4.98 Å². The Kier molecular flexibility index (Phi) is 5.30. The average Bonchev–Trinajstić information content (AvgIpc) is 2.94. The summed E-state index contributed by atoms with van der Waals surface area (Å²) >= 11 is 0. The minimum atomic E-state index is -0.0392. The lowest BCUT2D eigenvalue weighted by Crippen LogP contribution is -2.35. The summed E-state index contributed by atoms with van der Waals surface area (Å²) in [5.74, 6) is 0.0745. The lowest BCUT2D eigenvalue weighted by Gasteiger charge is -2.22. The molecule has 0 spiro atoms. The Hall–Kier alpha value is -3.21. The molecule has 2 heterocycles. The highest BCUT2D eigenvalue weighted by molar-refractivity contribution is 6.07. The number of para-hydroxylation sites is 1. The van der Waals surface area contributed by atoms with Gasteiger partial charge in [-0.1, -0.05) is 48.0 Å². The fourth-order valence-corrected chi connectivity index (χ4v) is 3.80. The standard InChI is InChI=1S/C24H25N3O2/c1-3-26-14-15-27(13-12-23(26)28)24(29)20-16-22(18-10-8-17(2)9-11-18)25-21-7-5-4-6-19(20)21/h4-11,16H,3,12-15H2,1-2H3. The maximum Gasteiger partial charge on any atom is 0.254 e. The number of likely N-dealkylation sites (N-methyl/N-ethyl adjacent to an activating group) is 1.